The molecule has 0 atom stereocenters. The Labute approximate surface area is 103 Å². The van der Waals surface area contributed by atoms with Crippen molar-refractivity contribution in [1.29, 1.82) is 0 Å². The maximum absolute atomic E-state index is 10.9. The van der Waals surface area contributed by atoms with Crippen molar-refractivity contribution in [3.63, 3.8) is 0 Å². The Morgan fingerprint density at radius 1 is 1.47 bits per heavy atom. The van der Waals surface area contributed by atoms with Gasteiger partial charge in [-0.15, -0.1) is 0 Å². The van der Waals surface area contributed by atoms with Crippen LogP contribution in [0.25, 0.3) is 5.69 Å². The molecule has 0 spiro atoms. The number of aromatic nitrogens is 2. The third kappa shape index (κ3) is 2.14. The minimum absolute atomic E-state index is 0.0137. The van der Waals surface area contributed by atoms with E-state index in [0.717, 1.165) is 12.1 Å². The van der Waals surface area contributed by atoms with Crippen LogP contribution >= 0.6 is 11.6 Å². The Balaban J connectivity index is 2.59. The van der Waals surface area contributed by atoms with Crippen molar-refractivity contribution < 1.29 is 4.92 Å². The van der Waals surface area contributed by atoms with Gasteiger partial charge in [0.25, 0.3) is 5.69 Å². The number of halogens is 1. The lowest BCUT2D eigenvalue weighted by atomic mass is 10.3. The maximum atomic E-state index is 10.9. The van der Waals surface area contributed by atoms with E-state index in [0.29, 0.717) is 10.8 Å². The van der Waals surface area contributed by atoms with Crippen LogP contribution in [0.3, 0.4) is 0 Å². The summed E-state index contributed by atoms with van der Waals surface area (Å²) < 4.78 is 1.39. The molecular weight excluding hydrogens is 242 g/mol. The van der Waals surface area contributed by atoms with Crippen molar-refractivity contribution in [2.75, 3.05) is 0 Å². The highest BCUT2D eigenvalue weighted by molar-refractivity contribution is 6.29. The number of para-hydroxylation sites is 2. The predicted molar refractivity (Wildman–Crippen MR) is 64.6 cm³/mol. The summed E-state index contributed by atoms with van der Waals surface area (Å²) in [5.74, 6) is 0. The highest BCUT2D eigenvalue weighted by Crippen LogP contribution is 2.25. The van der Waals surface area contributed by atoms with Crippen molar-refractivity contribution >= 4 is 17.3 Å². The van der Waals surface area contributed by atoms with Gasteiger partial charge >= 0.3 is 0 Å². The molecule has 1 heterocycles. The van der Waals surface area contributed by atoms with Crippen LogP contribution in [0.1, 0.15) is 12.6 Å². The van der Waals surface area contributed by atoms with Crippen molar-refractivity contribution in [3.05, 3.63) is 51.3 Å². The summed E-state index contributed by atoms with van der Waals surface area (Å²) in [6.07, 6.45) is 0.730. The van der Waals surface area contributed by atoms with E-state index in [4.69, 9.17) is 11.6 Å². The molecule has 0 unspecified atom stereocenters. The largest absolute Gasteiger partial charge is 0.294 e. The van der Waals surface area contributed by atoms with Gasteiger partial charge in [-0.3, -0.25) is 10.1 Å². The van der Waals surface area contributed by atoms with E-state index < -0.39 is 4.92 Å². The first-order valence-corrected chi connectivity index (χ1v) is 5.49. The van der Waals surface area contributed by atoms with Gasteiger partial charge in [-0.25, -0.2) is 4.68 Å². The lowest BCUT2D eigenvalue weighted by Crippen LogP contribution is -2.02. The average Bonchev–Trinajstić information content (AvgIpc) is 2.70. The van der Waals surface area contributed by atoms with Gasteiger partial charge in [0.1, 0.15) is 10.8 Å². The molecule has 2 rings (SSSR count). The number of nitrogens with zero attached hydrogens (tertiary/aromatic N) is 3. The second-order valence-corrected chi connectivity index (χ2v) is 3.86. The zero-order valence-electron chi connectivity index (χ0n) is 9.13. The van der Waals surface area contributed by atoms with E-state index in [1.807, 2.05) is 6.92 Å². The van der Waals surface area contributed by atoms with Gasteiger partial charge in [0, 0.05) is 6.07 Å². The summed E-state index contributed by atoms with van der Waals surface area (Å²) in [4.78, 5) is 10.5. The minimum atomic E-state index is -0.445. The van der Waals surface area contributed by atoms with Crippen LogP contribution in [-0.2, 0) is 6.42 Å². The molecule has 1 aromatic heterocycles. The molecule has 17 heavy (non-hydrogen) atoms. The first-order valence-electron chi connectivity index (χ1n) is 5.11. The number of rotatable bonds is 3. The molecule has 88 valence electrons. The lowest BCUT2D eigenvalue weighted by molar-refractivity contribution is -0.384. The second kappa shape index (κ2) is 4.55. The van der Waals surface area contributed by atoms with Crippen molar-refractivity contribution in [1.82, 2.24) is 9.78 Å². The molecule has 0 aliphatic heterocycles. The number of aryl methyl sites for hydroxylation is 1. The van der Waals surface area contributed by atoms with Crippen LogP contribution in [0.15, 0.2) is 30.3 Å². The summed E-state index contributed by atoms with van der Waals surface area (Å²) in [5.41, 5.74) is 1.16. The zero-order chi connectivity index (χ0) is 12.4. The molecule has 0 aliphatic rings. The van der Waals surface area contributed by atoms with Crippen LogP contribution < -0.4 is 0 Å². The minimum Gasteiger partial charge on any atom is -0.258 e. The van der Waals surface area contributed by atoms with E-state index in [-0.39, 0.29) is 5.69 Å². The van der Waals surface area contributed by atoms with Crippen molar-refractivity contribution in [2.24, 2.45) is 0 Å². The van der Waals surface area contributed by atoms with E-state index in [2.05, 4.69) is 5.10 Å². The number of benzene rings is 1. The Morgan fingerprint density at radius 3 is 2.76 bits per heavy atom. The fourth-order valence-electron chi connectivity index (χ4n) is 1.54. The third-order valence-electron chi connectivity index (χ3n) is 2.39. The highest BCUT2D eigenvalue weighted by Gasteiger charge is 2.17. The van der Waals surface area contributed by atoms with E-state index >= 15 is 0 Å². The molecule has 0 saturated heterocycles. The summed E-state index contributed by atoms with van der Waals surface area (Å²) >= 11 is 6.01. The molecule has 0 fully saturated rings. The highest BCUT2D eigenvalue weighted by atomic mass is 35.5. The Morgan fingerprint density at radius 2 is 2.18 bits per heavy atom. The summed E-state index contributed by atoms with van der Waals surface area (Å²) in [6.45, 7) is 1.95. The molecule has 2 aromatic rings. The standard InChI is InChI=1S/C11H10ClN3O2/c1-2-8-7-11(12)14(13-8)9-5-3-4-6-10(9)15(16)17/h3-7H,2H2,1H3. The number of hydrogen-bond acceptors (Lipinski definition) is 3. The van der Waals surface area contributed by atoms with Gasteiger partial charge in [0.05, 0.1) is 10.6 Å². The summed E-state index contributed by atoms with van der Waals surface area (Å²) in [5, 5.41) is 15.5. The molecule has 0 radical (unpaired) electrons. The molecule has 0 N–H and O–H groups in total. The molecule has 6 heteroatoms. The second-order valence-electron chi connectivity index (χ2n) is 3.47. The average molecular weight is 252 g/mol. The molecule has 0 saturated carbocycles. The molecule has 0 aliphatic carbocycles. The molecule has 1 aromatic carbocycles. The monoisotopic (exact) mass is 251 g/mol. The van der Waals surface area contributed by atoms with E-state index in [1.165, 1.54) is 10.7 Å². The number of nitro groups is 1. The first kappa shape index (κ1) is 11.6. The van der Waals surface area contributed by atoms with Crippen LogP contribution in [-0.4, -0.2) is 14.7 Å². The fraction of sp³-hybridized carbons (Fsp3) is 0.182. The van der Waals surface area contributed by atoms with Crippen LogP contribution in [0, 0.1) is 10.1 Å². The maximum Gasteiger partial charge on any atom is 0.294 e. The van der Waals surface area contributed by atoms with E-state index in [1.54, 1.807) is 24.3 Å². The first-order chi connectivity index (χ1) is 8.13. The van der Waals surface area contributed by atoms with Gasteiger partial charge in [-0.1, -0.05) is 30.7 Å². The Bertz CT molecular complexity index is 566. The van der Waals surface area contributed by atoms with Crippen molar-refractivity contribution in [2.45, 2.75) is 13.3 Å². The van der Waals surface area contributed by atoms with E-state index in [9.17, 15) is 10.1 Å². The third-order valence-corrected chi connectivity index (χ3v) is 2.65. The molecular formula is C11H10ClN3O2. The zero-order valence-corrected chi connectivity index (χ0v) is 9.89. The molecule has 5 nitrogen and oxygen atoms in total. The van der Waals surface area contributed by atoms with Crippen LogP contribution in [0.4, 0.5) is 5.69 Å². The lowest BCUT2D eigenvalue weighted by Gasteiger charge is -2.03. The SMILES string of the molecule is CCc1cc(Cl)n(-c2ccccc2[N+](=O)[O-])n1. The van der Waals surface area contributed by atoms with Gasteiger partial charge in [0.2, 0.25) is 0 Å². The number of nitro benzene ring substituents is 1. The predicted octanol–water partition coefficient (Wildman–Crippen LogP) is 3.00. The molecule has 0 amide bonds. The smallest absolute Gasteiger partial charge is 0.258 e. The Hall–Kier alpha value is -1.88. The van der Waals surface area contributed by atoms with Gasteiger partial charge in [-0.2, -0.15) is 5.10 Å². The summed E-state index contributed by atoms with van der Waals surface area (Å²) in [7, 11) is 0. The Kier molecular flexibility index (Phi) is 3.10. The normalized spacial score (nSPS) is 10.5. The summed E-state index contributed by atoms with van der Waals surface area (Å²) in [6, 6.07) is 8.08. The van der Waals surface area contributed by atoms with Gasteiger partial charge < -0.3 is 0 Å². The topological polar surface area (TPSA) is 61.0 Å². The fourth-order valence-corrected chi connectivity index (χ4v) is 1.80. The van der Waals surface area contributed by atoms with Crippen LogP contribution in [0.5, 0.6) is 0 Å². The van der Waals surface area contributed by atoms with Gasteiger partial charge in [-0.05, 0) is 18.6 Å². The quantitative estimate of drug-likeness (QED) is 0.622. The molecule has 0 bridgehead atoms. The number of hydrogen-bond donors (Lipinski definition) is 0. The van der Waals surface area contributed by atoms with Gasteiger partial charge in [0.15, 0.2) is 0 Å². The van der Waals surface area contributed by atoms with Crippen LogP contribution in [0.2, 0.25) is 5.15 Å². The van der Waals surface area contributed by atoms with Crippen molar-refractivity contribution in [3.8, 4) is 5.69 Å².